The summed E-state index contributed by atoms with van der Waals surface area (Å²) in [6.45, 7) is 2.81. The fraction of sp³-hybridized carbons (Fsp3) is 0.625. The van der Waals surface area contributed by atoms with Gasteiger partial charge in [-0.15, -0.1) is 0 Å². The molecule has 0 spiro atoms. The summed E-state index contributed by atoms with van der Waals surface area (Å²) in [6.07, 6.45) is 13.5. The quantitative estimate of drug-likeness (QED) is 0.919. The molecule has 0 saturated heterocycles. The van der Waals surface area contributed by atoms with Crippen molar-refractivity contribution in [1.29, 1.82) is 0 Å². The molecular formula is C16H25N5. The van der Waals surface area contributed by atoms with Crippen molar-refractivity contribution in [3.63, 3.8) is 0 Å². The van der Waals surface area contributed by atoms with E-state index in [0.29, 0.717) is 6.04 Å². The van der Waals surface area contributed by atoms with Crippen LogP contribution in [0, 0.1) is 0 Å². The van der Waals surface area contributed by atoms with E-state index in [-0.39, 0.29) is 6.04 Å². The molecule has 0 bridgehead atoms. The van der Waals surface area contributed by atoms with Crippen molar-refractivity contribution in [2.45, 2.75) is 64.1 Å². The van der Waals surface area contributed by atoms with Crippen molar-refractivity contribution >= 4 is 0 Å². The molecule has 0 radical (unpaired) electrons. The molecule has 2 N–H and O–H groups in total. The number of rotatable bonds is 5. The molecule has 0 amide bonds. The van der Waals surface area contributed by atoms with Gasteiger partial charge < -0.3 is 5.73 Å². The zero-order valence-corrected chi connectivity index (χ0v) is 12.8. The summed E-state index contributed by atoms with van der Waals surface area (Å²) in [7, 11) is 0. The number of hydrogen-bond acceptors (Lipinski definition) is 3. The highest BCUT2D eigenvalue weighted by molar-refractivity contribution is 5.10. The second kappa shape index (κ2) is 6.43. The Hall–Kier alpha value is -1.62. The fourth-order valence-corrected chi connectivity index (χ4v) is 3.07. The van der Waals surface area contributed by atoms with Crippen LogP contribution in [0.25, 0.3) is 0 Å². The Labute approximate surface area is 126 Å². The first-order valence-corrected chi connectivity index (χ1v) is 8.08. The predicted octanol–water partition coefficient (Wildman–Crippen LogP) is 3.04. The van der Waals surface area contributed by atoms with Crippen molar-refractivity contribution in [3.05, 3.63) is 35.9 Å². The monoisotopic (exact) mass is 287 g/mol. The van der Waals surface area contributed by atoms with E-state index >= 15 is 0 Å². The van der Waals surface area contributed by atoms with Gasteiger partial charge in [0.15, 0.2) is 0 Å². The van der Waals surface area contributed by atoms with E-state index < -0.39 is 0 Å². The van der Waals surface area contributed by atoms with Gasteiger partial charge in [-0.2, -0.15) is 10.2 Å². The lowest BCUT2D eigenvalue weighted by Crippen LogP contribution is -2.14. The topological polar surface area (TPSA) is 61.7 Å². The van der Waals surface area contributed by atoms with Crippen LogP contribution in [0.1, 0.15) is 68.8 Å². The van der Waals surface area contributed by atoms with E-state index in [1.54, 1.807) is 0 Å². The van der Waals surface area contributed by atoms with Crippen LogP contribution in [0.2, 0.25) is 0 Å². The van der Waals surface area contributed by atoms with Crippen LogP contribution in [0.15, 0.2) is 24.7 Å². The van der Waals surface area contributed by atoms with Crippen LogP contribution < -0.4 is 5.73 Å². The van der Waals surface area contributed by atoms with E-state index in [0.717, 1.165) is 24.2 Å². The summed E-state index contributed by atoms with van der Waals surface area (Å²) in [5.41, 5.74) is 8.20. The summed E-state index contributed by atoms with van der Waals surface area (Å²) in [4.78, 5) is 0. The van der Waals surface area contributed by atoms with Gasteiger partial charge in [-0.3, -0.25) is 9.36 Å². The first kappa shape index (κ1) is 14.3. The van der Waals surface area contributed by atoms with Gasteiger partial charge >= 0.3 is 0 Å². The fourth-order valence-electron chi connectivity index (χ4n) is 3.07. The van der Waals surface area contributed by atoms with Gasteiger partial charge in [-0.05, 0) is 25.3 Å². The molecule has 1 atom stereocenters. The van der Waals surface area contributed by atoms with Gasteiger partial charge in [0, 0.05) is 24.0 Å². The minimum Gasteiger partial charge on any atom is -0.324 e. The third kappa shape index (κ3) is 3.35. The van der Waals surface area contributed by atoms with Gasteiger partial charge in [-0.1, -0.05) is 26.2 Å². The molecule has 1 fully saturated rings. The third-order valence-corrected chi connectivity index (χ3v) is 4.46. The van der Waals surface area contributed by atoms with Gasteiger partial charge in [-0.25, -0.2) is 0 Å². The van der Waals surface area contributed by atoms with Gasteiger partial charge in [0.05, 0.1) is 24.5 Å². The molecule has 1 aliphatic rings. The SMILES string of the molecule is CCC(N)c1cnn(Cc2ccn(C3CCCCC3)n2)c1. The molecule has 21 heavy (non-hydrogen) atoms. The Kier molecular flexibility index (Phi) is 4.39. The largest absolute Gasteiger partial charge is 0.324 e. The summed E-state index contributed by atoms with van der Waals surface area (Å²) >= 11 is 0. The summed E-state index contributed by atoms with van der Waals surface area (Å²) in [5, 5.41) is 9.12. The molecule has 0 aliphatic heterocycles. The second-order valence-corrected chi connectivity index (χ2v) is 6.06. The molecule has 2 aromatic rings. The molecule has 2 aromatic heterocycles. The third-order valence-electron chi connectivity index (χ3n) is 4.46. The zero-order valence-electron chi connectivity index (χ0n) is 12.8. The minimum absolute atomic E-state index is 0.0820. The molecule has 5 heteroatoms. The molecule has 1 saturated carbocycles. The molecule has 3 rings (SSSR count). The Morgan fingerprint density at radius 1 is 1.33 bits per heavy atom. The molecule has 0 aromatic carbocycles. The van der Waals surface area contributed by atoms with Crippen molar-refractivity contribution < 1.29 is 0 Å². The molecule has 2 heterocycles. The number of aromatic nitrogens is 4. The smallest absolute Gasteiger partial charge is 0.0849 e. The van der Waals surface area contributed by atoms with Crippen LogP contribution in [-0.2, 0) is 6.54 Å². The van der Waals surface area contributed by atoms with Gasteiger partial charge in [0.1, 0.15) is 0 Å². The molecule has 114 valence electrons. The lowest BCUT2D eigenvalue weighted by Gasteiger charge is -2.21. The Bertz CT molecular complexity index is 565. The molecule has 1 unspecified atom stereocenters. The summed E-state index contributed by atoms with van der Waals surface area (Å²) < 4.78 is 4.08. The first-order valence-electron chi connectivity index (χ1n) is 8.08. The maximum atomic E-state index is 6.03. The van der Waals surface area contributed by atoms with Crippen molar-refractivity contribution in [3.8, 4) is 0 Å². The highest BCUT2D eigenvalue weighted by atomic mass is 15.3. The van der Waals surface area contributed by atoms with E-state index in [4.69, 9.17) is 10.8 Å². The van der Waals surface area contributed by atoms with Gasteiger partial charge in [0.2, 0.25) is 0 Å². The average Bonchev–Trinajstić information content (AvgIpc) is 3.17. The van der Waals surface area contributed by atoms with Crippen LogP contribution in [0.5, 0.6) is 0 Å². The van der Waals surface area contributed by atoms with E-state index in [1.807, 2.05) is 17.1 Å². The Morgan fingerprint density at radius 3 is 2.90 bits per heavy atom. The lowest BCUT2D eigenvalue weighted by molar-refractivity contribution is 0.327. The lowest BCUT2D eigenvalue weighted by atomic mass is 9.96. The van der Waals surface area contributed by atoms with Crippen molar-refractivity contribution in [1.82, 2.24) is 19.6 Å². The average molecular weight is 287 g/mol. The first-order chi connectivity index (χ1) is 10.3. The molecular weight excluding hydrogens is 262 g/mol. The van der Waals surface area contributed by atoms with Crippen LogP contribution in [0.3, 0.4) is 0 Å². The predicted molar refractivity (Wildman–Crippen MR) is 82.9 cm³/mol. The van der Waals surface area contributed by atoms with Crippen LogP contribution in [-0.4, -0.2) is 19.6 Å². The van der Waals surface area contributed by atoms with Crippen LogP contribution in [0.4, 0.5) is 0 Å². The summed E-state index contributed by atoms with van der Waals surface area (Å²) in [6, 6.07) is 2.78. The number of nitrogens with zero attached hydrogens (tertiary/aromatic N) is 4. The molecule has 1 aliphatic carbocycles. The minimum atomic E-state index is 0.0820. The Balaban J connectivity index is 1.65. The maximum Gasteiger partial charge on any atom is 0.0849 e. The van der Waals surface area contributed by atoms with Crippen molar-refractivity contribution in [2.24, 2.45) is 5.73 Å². The zero-order chi connectivity index (χ0) is 14.7. The summed E-state index contributed by atoms with van der Waals surface area (Å²) in [5.74, 6) is 0. The Morgan fingerprint density at radius 2 is 2.14 bits per heavy atom. The standard InChI is InChI=1S/C16H25N5/c1-2-16(17)13-10-18-20(11-13)12-14-8-9-21(19-14)15-6-4-3-5-7-15/h8-11,15-16H,2-7,12,17H2,1H3. The second-order valence-electron chi connectivity index (χ2n) is 6.06. The highest BCUT2D eigenvalue weighted by Crippen LogP contribution is 2.27. The van der Waals surface area contributed by atoms with Crippen LogP contribution >= 0.6 is 0 Å². The number of hydrogen-bond donors (Lipinski definition) is 1. The molecule has 5 nitrogen and oxygen atoms in total. The van der Waals surface area contributed by atoms with Crippen molar-refractivity contribution in [2.75, 3.05) is 0 Å². The normalized spacial score (nSPS) is 18.0. The van der Waals surface area contributed by atoms with E-state index in [2.05, 4.69) is 29.0 Å². The number of nitrogens with two attached hydrogens (primary N) is 1. The maximum absolute atomic E-state index is 6.03. The van der Waals surface area contributed by atoms with Gasteiger partial charge in [0.25, 0.3) is 0 Å². The van der Waals surface area contributed by atoms with E-state index in [9.17, 15) is 0 Å². The highest BCUT2D eigenvalue weighted by Gasteiger charge is 2.16. The van der Waals surface area contributed by atoms with E-state index in [1.165, 1.54) is 32.1 Å².